The normalized spacial score (nSPS) is 12.0. The lowest BCUT2D eigenvalue weighted by Gasteiger charge is -2.17. The molecule has 1 aromatic rings. The van der Waals surface area contributed by atoms with E-state index < -0.39 is 12.0 Å². The van der Waals surface area contributed by atoms with E-state index in [1.54, 1.807) is 18.2 Å². The van der Waals surface area contributed by atoms with Gasteiger partial charge < -0.3 is 20.5 Å². The lowest BCUT2D eigenvalue weighted by Crippen LogP contribution is -2.21. The highest BCUT2D eigenvalue weighted by atomic mass is 16.5. The quantitative estimate of drug-likeness (QED) is 0.792. The van der Waals surface area contributed by atoms with E-state index in [0.717, 1.165) is 5.69 Å². The first-order valence-corrected chi connectivity index (χ1v) is 4.81. The number of nitrogens with zero attached hydrogens (tertiary/aromatic N) is 1. The van der Waals surface area contributed by atoms with E-state index in [1.165, 1.54) is 7.11 Å². The summed E-state index contributed by atoms with van der Waals surface area (Å²) in [6, 6.07) is 4.18. The molecule has 5 nitrogen and oxygen atoms in total. The molecule has 0 unspecified atom stereocenters. The number of aliphatic carboxylic acids is 1. The van der Waals surface area contributed by atoms with Crippen molar-refractivity contribution in [1.82, 2.24) is 0 Å². The summed E-state index contributed by atoms with van der Waals surface area (Å²) in [5.74, 6) is -0.586. The maximum atomic E-state index is 10.8. The first-order chi connectivity index (χ1) is 7.47. The van der Waals surface area contributed by atoms with Gasteiger partial charge in [-0.15, -0.1) is 0 Å². The average Bonchev–Trinajstić information content (AvgIpc) is 2.26. The fourth-order valence-corrected chi connectivity index (χ4v) is 1.37. The summed E-state index contributed by atoms with van der Waals surface area (Å²) in [4.78, 5) is 12.7. The molecule has 0 saturated carbocycles. The van der Waals surface area contributed by atoms with Crippen molar-refractivity contribution < 1.29 is 14.6 Å². The minimum Gasteiger partial charge on any atom is -0.496 e. The number of carboxylic acid groups (broad SMARTS) is 1. The molecule has 5 heteroatoms. The van der Waals surface area contributed by atoms with Crippen LogP contribution >= 0.6 is 0 Å². The minimum absolute atomic E-state index is 0.473. The molecule has 1 rings (SSSR count). The molecule has 0 radical (unpaired) electrons. The van der Waals surface area contributed by atoms with Crippen LogP contribution in [0.5, 0.6) is 5.75 Å². The Morgan fingerprint density at radius 3 is 2.56 bits per heavy atom. The molecule has 1 atom stereocenters. The van der Waals surface area contributed by atoms with Crippen LogP contribution in [0.1, 0.15) is 11.6 Å². The van der Waals surface area contributed by atoms with E-state index in [2.05, 4.69) is 0 Å². The van der Waals surface area contributed by atoms with Gasteiger partial charge in [-0.05, 0) is 6.07 Å². The number of hydrogen-bond acceptors (Lipinski definition) is 4. The lowest BCUT2D eigenvalue weighted by atomic mass is 10.1. The number of anilines is 1. The van der Waals surface area contributed by atoms with Crippen LogP contribution < -0.4 is 15.4 Å². The molecule has 0 aliphatic rings. The van der Waals surface area contributed by atoms with Crippen molar-refractivity contribution in [3.63, 3.8) is 0 Å². The molecule has 0 amide bonds. The van der Waals surface area contributed by atoms with Gasteiger partial charge in [0.15, 0.2) is 0 Å². The molecule has 16 heavy (non-hydrogen) atoms. The number of nitrogens with two attached hydrogens (primary N) is 1. The Morgan fingerprint density at radius 1 is 1.50 bits per heavy atom. The molecule has 88 valence electrons. The van der Waals surface area contributed by atoms with Crippen molar-refractivity contribution in [2.45, 2.75) is 6.04 Å². The second-order valence-corrected chi connectivity index (χ2v) is 3.64. The van der Waals surface area contributed by atoms with Crippen molar-refractivity contribution in [2.75, 3.05) is 26.1 Å². The number of hydrogen-bond donors (Lipinski definition) is 2. The van der Waals surface area contributed by atoms with Crippen molar-refractivity contribution in [3.8, 4) is 5.75 Å². The molecule has 0 bridgehead atoms. The lowest BCUT2D eigenvalue weighted by molar-refractivity contribution is -0.138. The van der Waals surface area contributed by atoms with E-state index in [1.807, 2.05) is 19.0 Å². The molecule has 0 saturated heterocycles. The summed E-state index contributed by atoms with van der Waals surface area (Å²) in [6.07, 6.45) is 0. The van der Waals surface area contributed by atoms with Gasteiger partial charge in [-0.3, -0.25) is 4.79 Å². The Balaban J connectivity index is 3.16. The fourth-order valence-electron chi connectivity index (χ4n) is 1.37. The first kappa shape index (κ1) is 12.3. The van der Waals surface area contributed by atoms with Crippen molar-refractivity contribution in [2.24, 2.45) is 5.73 Å². The monoisotopic (exact) mass is 224 g/mol. The molecule has 0 heterocycles. The Kier molecular flexibility index (Phi) is 3.73. The first-order valence-electron chi connectivity index (χ1n) is 4.81. The number of rotatable bonds is 4. The van der Waals surface area contributed by atoms with Crippen LogP contribution in [-0.4, -0.2) is 32.3 Å². The van der Waals surface area contributed by atoms with E-state index in [9.17, 15) is 4.79 Å². The average molecular weight is 224 g/mol. The maximum Gasteiger partial charge on any atom is 0.325 e. The van der Waals surface area contributed by atoms with Crippen LogP contribution in [0, 0.1) is 0 Å². The van der Waals surface area contributed by atoms with Crippen LogP contribution in [0.4, 0.5) is 5.69 Å². The third-order valence-electron chi connectivity index (χ3n) is 2.33. The Labute approximate surface area is 94.4 Å². The molecule has 0 aliphatic carbocycles. The summed E-state index contributed by atoms with van der Waals surface area (Å²) < 4.78 is 5.14. The zero-order valence-corrected chi connectivity index (χ0v) is 9.60. The molecule has 0 fully saturated rings. The Morgan fingerprint density at radius 2 is 2.12 bits per heavy atom. The van der Waals surface area contributed by atoms with Gasteiger partial charge in [-0.25, -0.2) is 0 Å². The number of benzene rings is 1. The van der Waals surface area contributed by atoms with Gasteiger partial charge in [0.2, 0.25) is 0 Å². The van der Waals surface area contributed by atoms with Gasteiger partial charge in [0.05, 0.1) is 7.11 Å². The standard InChI is InChI=1S/C11H16N2O3/c1-13(2)7-4-5-8(9(6-7)16-3)10(12)11(14)15/h4-6,10H,12H2,1-3H3,(H,14,15)/t10-/m0/s1. The minimum atomic E-state index is -1.07. The van der Waals surface area contributed by atoms with Crippen molar-refractivity contribution >= 4 is 11.7 Å². The van der Waals surface area contributed by atoms with E-state index in [4.69, 9.17) is 15.6 Å². The van der Waals surface area contributed by atoms with Crippen molar-refractivity contribution in [1.29, 1.82) is 0 Å². The predicted octanol–water partition coefficient (Wildman–Crippen LogP) is 0.846. The van der Waals surface area contributed by atoms with Gasteiger partial charge in [-0.2, -0.15) is 0 Å². The fraction of sp³-hybridized carbons (Fsp3) is 0.364. The van der Waals surface area contributed by atoms with Crippen LogP contribution in [-0.2, 0) is 4.79 Å². The zero-order chi connectivity index (χ0) is 12.3. The van der Waals surface area contributed by atoms with Gasteiger partial charge >= 0.3 is 5.97 Å². The number of ether oxygens (including phenoxy) is 1. The molecule has 0 spiro atoms. The summed E-state index contributed by atoms with van der Waals surface area (Å²) >= 11 is 0. The van der Waals surface area contributed by atoms with Gasteiger partial charge in [-0.1, -0.05) is 6.07 Å². The third-order valence-corrected chi connectivity index (χ3v) is 2.33. The number of carbonyl (C=O) groups is 1. The maximum absolute atomic E-state index is 10.8. The van der Waals surface area contributed by atoms with E-state index in [-0.39, 0.29) is 0 Å². The van der Waals surface area contributed by atoms with Crippen LogP contribution in [0.25, 0.3) is 0 Å². The summed E-state index contributed by atoms with van der Waals surface area (Å²) in [5.41, 5.74) is 6.95. The molecular formula is C11H16N2O3. The van der Waals surface area contributed by atoms with Crippen LogP contribution in [0.15, 0.2) is 18.2 Å². The third kappa shape index (κ3) is 2.43. The van der Waals surface area contributed by atoms with Crippen molar-refractivity contribution in [3.05, 3.63) is 23.8 Å². The number of methoxy groups -OCH3 is 1. The van der Waals surface area contributed by atoms with Gasteiger partial charge in [0.25, 0.3) is 0 Å². The summed E-state index contributed by atoms with van der Waals surface area (Å²) in [6.45, 7) is 0. The molecule has 0 aliphatic heterocycles. The highest BCUT2D eigenvalue weighted by molar-refractivity contribution is 5.77. The van der Waals surface area contributed by atoms with E-state index in [0.29, 0.717) is 11.3 Å². The molecule has 1 aromatic carbocycles. The Hall–Kier alpha value is -1.75. The second kappa shape index (κ2) is 4.85. The van der Waals surface area contributed by atoms with E-state index >= 15 is 0 Å². The zero-order valence-electron chi connectivity index (χ0n) is 9.60. The Bertz CT molecular complexity index is 391. The summed E-state index contributed by atoms with van der Waals surface area (Å²) in [7, 11) is 5.28. The second-order valence-electron chi connectivity index (χ2n) is 3.64. The summed E-state index contributed by atoms with van der Waals surface area (Å²) in [5, 5.41) is 8.84. The SMILES string of the molecule is COc1cc(N(C)C)ccc1[C@H](N)C(=O)O. The predicted molar refractivity (Wildman–Crippen MR) is 61.9 cm³/mol. The van der Waals surface area contributed by atoms with Crippen LogP contribution in [0.3, 0.4) is 0 Å². The highest BCUT2D eigenvalue weighted by Crippen LogP contribution is 2.28. The largest absolute Gasteiger partial charge is 0.496 e. The smallest absolute Gasteiger partial charge is 0.325 e. The van der Waals surface area contributed by atoms with Crippen LogP contribution in [0.2, 0.25) is 0 Å². The van der Waals surface area contributed by atoms with Gasteiger partial charge in [0.1, 0.15) is 11.8 Å². The highest BCUT2D eigenvalue weighted by Gasteiger charge is 2.19. The molecule has 3 N–H and O–H groups in total. The van der Waals surface area contributed by atoms with Gasteiger partial charge in [0, 0.05) is 31.4 Å². The molecular weight excluding hydrogens is 208 g/mol. The topological polar surface area (TPSA) is 75.8 Å². The number of carboxylic acids is 1. The molecule has 0 aromatic heterocycles.